The molecular formula is C22H16N2O5S. The van der Waals surface area contributed by atoms with Crippen LogP contribution in [0.25, 0.3) is 6.08 Å². The van der Waals surface area contributed by atoms with Gasteiger partial charge in [0.1, 0.15) is 35.2 Å². The van der Waals surface area contributed by atoms with Gasteiger partial charge in [-0.25, -0.2) is 0 Å². The van der Waals surface area contributed by atoms with Crippen LogP contribution in [-0.4, -0.2) is 22.0 Å². The molecule has 150 valence electrons. The second kappa shape index (κ2) is 8.32. The Balaban J connectivity index is 1.58. The zero-order chi connectivity index (χ0) is 21.1. The molecule has 1 fully saturated rings. The molecule has 2 amide bonds. The summed E-state index contributed by atoms with van der Waals surface area (Å²) in [5.41, 5.74) is 0.346. The van der Waals surface area contributed by atoms with E-state index in [1.165, 1.54) is 11.0 Å². The first-order valence-electron chi connectivity index (χ1n) is 8.99. The van der Waals surface area contributed by atoms with Crippen LogP contribution in [0.5, 0.6) is 11.5 Å². The fraction of sp³-hybridized carbons (Fsp3) is 0.0455. The molecule has 0 aliphatic carbocycles. The van der Waals surface area contributed by atoms with Crippen molar-refractivity contribution in [2.75, 3.05) is 4.90 Å². The summed E-state index contributed by atoms with van der Waals surface area (Å²) in [6.07, 6.45) is 1.32. The Bertz CT molecular complexity index is 1140. The lowest BCUT2D eigenvalue weighted by Gasteiger charge is -2.28. The third kappa shape index (κ3) is 4.00. The van der Waals surface area contributed by atoms with E-state index in [0.717, 1.165) is 0 Å². The lowest BCUT2D eigenvalue weighted by molar-refractivity contribution is -0.122. The van der Waals surface area contributed by atoms with E-state index in [4.69, 9.17) is 26.5 Å². The predicted molar refractivity (Wildman–Crippen MR) is 114 cm³/mol. The molecule has 1 saturated heterocycles. The first kappa shape index (κ1) is 19.6. The van der Waals surface area contributed by atoms with Gasteiger partial charge in [0.05, 0.1) is 5.69 Å². The van der Waals surface area contributed by atoms with Crippen LogP contribution in [0.3, 0.4) is 0 Å². The highest BCUT2D eigenvalue weighted by Gasteiger charge is 2.34. The summed E-state index contributed by atoms with van der Waals surface area (Å²) in [4.78, 5) is 26.5. The van der Waals surface area contributed by atoms with Crippen molar-refractivity contribution in [1.29, 1.82) is 0 Å². The molecule has 0 saturated carbocycles. The number of amides is 2. The van der Waals surface area contributed by atoms with Gasteiger partial charge in [0.25, 0.3) is 11.8 Å². The van der Waals surface area contributed by atoms with Crippen molar-refractivity contribution in [3.8, 4) is 11.5 Å². The topological polar surface area (TPSA) is 92.0 Å². The number of thiocarbonyl (C=S) groups is 1. The number of rotatable bonds is 5. The predicted octanol–water partition coefficient (Wildman–Crippen LogP) is 3.40. The molecule has 0 radical (unpaired) electrons. The Morgan fingerprint density at radius 1 is 1.00 bits per heavy atom. The molecule has 7 nitrogen and oxygen atoms in total. The van der Waals surface area contributed by atoms with Gasteiger partial charge in [-0.2, -0.15) is 0 Å². The van der Waals surface area contributed by atoms with Crippen molar-refractivity contribution in [1.82, 2.24) is 5.32 Å². The van der Waals surface area contributed by atoms with Gasteiger partial charge in [-0.3, -0.25) is 19.8 Å². The van der Waals surface area contributed by atoms with E-state index in [2.05, 4.69) is 5.32 Å². The highest BCUT2D eigenvalue weighted by atomic mass is 32.1. The third-order valence-electron chi connectivity index (χ3n) is 4.30. The average Bonchev–Trinajstić information content (AvgIpc) is 3.21. The van der Waals surface area contributed by atoms with Crippen LogP contribution >= 0.6 is 12.2 Å². The maximum atomic E-state index is 13.0. The molecule has 1 aliphatic rings. The van der Waals surface area contributed by atoms with Crippen LogP contribution in [0.1, 0.15) is 11.5 Å². The summed E-state index contributed by atoms with van der Waals surface area (Å²) in [5, 5.41) is 11.6. The molecule has 1 aliphatic heterocycles. The molecule has 0 bridgehead atoms. The van der Waals surface area contributed by atoms with E-state index >= 15 is 0 Å². The van der Waals surface area contributed by atoms with Gasteiger partial charge in [0.2, 0.25) is 0 Å². The fourth-order valence-corrected chi connectivity index (χ4v) is 3.16. The number of furan rings is 1. The van der Waals surface area contributed by atoms with Crippen LogP contribution in [0.4, 0.5) is 5.69 Å². The normalized spacial score (nSPS) is 15.4. The Morgan fingerprint density at radius 2 is 1.70 bits per heavy atom. The Labute approximate surface area is 177 Å². The SMILES string of the molecule is O=C1NC(=S)N(c2ccc(Oc3ccccc3)cc2)C(=O)C1=Cc1ccc(CO)o1. The largest absolute Gasteiger partial charge is 0.459 e. The van der Waals surface area contributed by atoms with E-state index < -0.39 is 11.8 Å². The van der Waals surface area contributed by atoms with Gasteiger partial charge in [-0.05, 0) is 66.8 Å². The fourth-order valence-electron chi connectivity index (χ4n) is 2.88. The highest BCUT2D eigenvalue weighted by molar-refractivity contribution is 7.80. The van der Waals surface area contributed by atoms with Gasteiger partial charge in [-0.1, -0.05) is 18.2 Å². The lowest BCUT2D eigenvalue weighted by Crippen LogP contribution is -2.54. The smallest absolute Gasteiger partial charge is 0.270 e. The quantitative estimate of drug-likeness (QED) is 0.373. The summed E-state index contributed by atoms with van der Waals surface area (Å²) in [6.45, 7) is -0.281. The molecule has 8 heteroatoms. The third-order valence-corrected chi connectivity index (χ3v) is 4.59. The van der Waals surface area contributed by atoms with Crippen molar-refractivity contribution in [2.24, 2.45) is 0 Å². The van der Waals surface area contributed by atoms with Gasteiger partial charge >= 0.3 is 0 Å². The monoisotopic (exact) mass is 420 g/mol. The second-order valence-electron chi connectivity index (χ2n) is 6.33. The Morgan fingerprint density at radius 3 is 2.37 bits per heavy atom. The maximum absolute atomic E-state index is 13.0. The molecule has 0 atom stereocenters. The van der Waals surface area contributed by atoms with Crippen molar-refractivity contribution >= 4 is 40.9 Å². The number of ether oxygens (including phenoxy) is 1. The van der Waals surface area contributed by atoms with Crippen molar-refractivity contribution < 1.29 is 23.8 Å². The first-order chi connectivity index (χ1) is 14.5. The Hall–Kier alpha value is -3.75. The minimum Gasteiger partial charge on any atom is -0.459 e. The molecule has 1 aromatic heterocycles. The van der Waals surface area contributed by atoms with Gasteiger partial charge in [0.15, 0.2) is 5.11 Å². The van der Waals surface area contributed by atoms with Gasteiger partial charge in [-0.15, -0.1) is 0 Å². The molecule has 3 aromatic rings. The molecule has 0 unspecified atom stereocenters. The first-order valence-corrected chi connectivity index (χ1v) is 9.40. The molecule has 0 spiro atoms. The molecule has 2 aromatic carbocycles. The number of aliphatic hydroxyl groups excluding tert-OH is 1. The van der Waals surface area contributed by atoms with Crippen LogP contribution < -0.4 is 15.0 Å². The summed E-state index contributed by atoms with van der Waals surface area (Å²) >= 11 is 5.20. The van der Waals surface area contributed by atoms with Crippen molar-refractivity contribution in [3.05, 3.63) is 83.8 Å². The van der Waals surface area contributed by atoms with Crippen LogP contribution in [-0.2, 0) is 16.2 Å². The number of carbonyl (C=O) groups is 2. The number of hydrogen-bond acceptors (Lipinski definition) is 6. The molecular weight excluding hydrogens is 404 g/mol. The standard InChI is InChI=1S/C22H16N2O5S/c25-13-18-11-10-17(29-18)12-19-20(26)23-22(30)24(21(19)27)14-6-8-16(9-7-14)28-15-4-2-1-3-5-15/h1-12,25H,13H2,(H,23,26,30). The van der Waals surface area contributed by atoms with E-state index in [1.54, 1.807) is 36.4 Å². The van der Waals surface area contributed by atoms with E-state index in [-0.39, 0.29) is 23.1 Å². The number of anilines is 1. The average molecular weight is 420 g/mol. The van der Waals surface area contributed by atoms with Crippen LogP contribution in [0.15, 0.2) is 76.7 Å². The number of aliphatic hydroxyl groups is 1. The number of nitrogens with one attached hydrogen (secondary N) is 1. The van der Waals surface area contributed by atoms with Crippen LogP contribution in [0, 0.1) is 0 Å². The van der Waals surface area contributed by atoms with Gasteiger partial charge < -0.3 is 14.3 Å². The van der Waals surface area contributed by atoms with Crippen molar-refractivity contribution in [3.63, 3.8) is 0 Å². The number of carbonyl (C=O) groups excluding carboxylic acids is 2. The molecule has 2 N–H and O–H groups in total. The molecule has 30 heavy (non-hydrogen) atoms. The van der Waals surface area contributed by atoms with E-state index in [9.17, 15) is 9.59 Å². The van der Waals surface area contributed by atoms with E-state index in [1.807, 2.05) is 30.3 Å². The van der Waals surface area contributed by atoms with Crippen molar-refractivity contribution in [2.45, 2.75) is 6.61 Å². The molecule has 4 rings (SSSR count). The number of hydrogen-bond donors (Lipinski definition) is 2. The maximum Gasteiger partial charge on any atom is 0.270 e. The number of benzene rings is 2. The zero-order valence-corrected chi connectivity index (χ0v) is 16.4. The minimum absolute atomic E-state index is 0.0191. The summed E-state index contributed by atoms with van der Waals surface area (Å²) in [5.74, 6) is 0.679. The zero-order valence-electron chi connectivity index (χ0n) is 15.6. The lowest BCUT2D eigenvalue weighted by atomic mass is 10.1. The summed E-state index contributed by atoms with van der Waals surface area (Å²) < 4.78 is 11.1. The molecule has 2 heterocycles. The Kier molecular flexibility index (Phi) is 5.42. The number of para-hydroxylation sites is 1. The number of nitrogens with zero attached hydrogens (tertiary/aromatic N) is 1. The summed E-state index contributed by atoms with van der Waals surface area (Å²) in [6, 6.07) is 19.2. The van der Waals surface area contributed by atoms with E-state index in [0.29, 0.717) is 22.9 Å². The summed E-state index contributed by atoms with van der Waals surface area (Å²) in [7, 11) is 0. The van der Waals surface area contributed by atoms with Crippen LogP contribution in [0.2, 0.25) is 0 Å². The highest BCUT2D eigenvalue weighted by Crippen LogP contribution is 2.27. The second-order valence-corrected chi connectivity index (χ2v) is 6.72. The van der Waals surface area contributed by atoms with Gasteiger partial charge in [0, 0.05) is 0 Å². The minimum atomic E-state index is -0.618.